The third-order valence-corrected chi connectivity index (χ3v) is 4.47. The van der Waals surface area contributed by atoms with Gasteiger partial charge in [-0.15, -0.1) is 0 Å². The highest BCUT2D eigenvalue weighted by Gasteiger charge is 2.17. The molecular weight excluding hydrogens is 332 g/mol. The monoisotopic (exact) mass is 348 g/mol. The molecule has 1 aliphatic carbocycles. The second kappa shape index (κ2) is 6.02. The molecule has 0 saturated carbocycles. The average molecular weight is 349 g/mol. The lowest BCUT2D eigenvalue weighted by atomic mass is 10.1. The minimum atomic E-state index is -0.00249. The number of anilines is 1. The quantitative estimate of drug-likeness (QED) is 0.833. The van der Waals surface area contributed by atoms with Gasteiger partial charge in [-0.05, 0) is 43.4 Å². The molecule has 0 fully saturated rings. The second-order valence-electron chi connectivity index (χ2n) is 5.37. The molecule has 0 saturated heterocycles. The van der Waals surface area contributed by atoms with Crippen molar-refractivity contribution >= 4 is 38.4 Å². The predicted octanol–water partition coefficient (Wildman–Crippen LogP) is 3.13. The summed E-state index contributed by atoms with van der Waals surface area (Å²) in [5, 5.41) is 4.79. The number of hydrogen-bond donors (Lipinski definition) is 2. The van der Waals surface area contributed by atoms with Crippen LogP contribution in [0.15, 0.2) is 23.0 Å². The Hall–Kier alpha value is -1.62. The maximum absolute atomic E-state index is 12.1. The molecule has 2 aromatic rings. The van der Waals surface area contributed by atoms with E-state index in [4.69, 9.17) is 0 Å². The number of halogens is 1. The Balaban J connectivity index is 1.92. The summed E-state index contributed by atoms with van der Waals surface area (Å²) in [5.74, 6) is -0.00249. The lowest BCUT2D eigenvalue weighted by molar-refractivity contribution is -0.116. The first-order valence-corrected chi connectivity index (χ1v) is 8.35. The van der Waals surface area contributed by atoms with Gasteiger partial charge in [-0.25, -0.2) is 0 Å². The summed E-state index contributed by atoms with van der Waals surface area (Å²) in [6.45, 7) is 0. The molecule has 0 radical (unpaired) electrons. The molecule has 2 N–H and O–H groups in total. The first-order chi connectivity index (χ1) is 10.2. The molecular formula is C16H17BrN2O2. The van der Waals surface area contributed by atoms with E-state index in [2.05, 4.69) is 26.2 Å². The van der Waals surface area contributed by atoms with Crippen LogP contribution in [0, 0.1) is 0 Å². The molecule has 3 rings (SSSR count). The maximum atomic E-state index is 12.1. The average Bonchev–Trinajstić information content (AvgIpc) is 2.95. The Labute approximate surface area is 131 Å². The summed E-state index contributed by atoms with van der Waals surface area (Å²) >= 11 is 3.31. The summed E-state index contributed by atoms with van der Waals surface area (Å²) in [6, 6.07) is 5.75. The Bertz CT molecular complexity index is 752. The Morgan fingerprint density at radius 2 is 2.10 bits per heavy atom. The Morgan fingerprint density at radius 3 is 2.90 bits per heavy atom. The first-order valence-electron chi connectivity index (χ1n) is 7.22. The lowest BCUT2D eigenvalue weighted by Gasteiger charge is -2.09. The van der Waals surface area contributed by atoms with Gasteiger partial charge in [-0.1, -0.05) is 22.0 Å². The number of amides is 1. The number of pyridine rings is 1. The largest absolute Gasteiger partial charge is 0.326 e. The van der Waals surface area contributed by atoms with Gasteiger partial charge in [0.15, 0.2) is 0 Å². The van der Waals surface area contributed by atoms with E-state index in [-0.39, 0.29) is 11.5 Å². The fraction of sp³-hybridized carbons (Fsp3) is 0.375. The number of aryl methyl sites for hydroxylation is 1. The lowest BCUT2D eigenvalue weighted by Crippen LogP contribution is -2.14. The smallest absolute Gasteiger partial charge is 0.251 e. The van der Waals surface area contributed by atoms with Crippen molar-refractivity contribution < 1.29 is 4.79 Å². The Morgan fingerprint density at radius 1 is 1.29 bits per heavy atom. The van der Waals surface area contributed by atoms with Gasteiger partial charge in [0.2, 0.25) is 5.91 Å². The van der Waals surface area contributed by atoms with Crippen molar-refractivity contribution in [1.29, 1.82) is 0 Å². The van der Waals surface area contributed by atoms with Crippen molar-refractivity contribution in [3.63, 3.8) is 0 Å². The number of carbonyl (C=O) groups is 1. The topological polar surface area (TPSA) is 62.0 Å². The van der Waals surface area contributed by atoms with Gasteiger partial charge in [0.1, 0.15) is 0 Å². The second-order valence-corrected chi connectivity index (χ2v) is 6.16. The van der Waals surface area contributed by atoms with Crippen LogP contribution in [0.3, 0.4) is 0 Å². The molecule has 0 bridgehead atoms. The van der Waals surface area contributed by atoms with Crippen molar-refractivity contribution in [1.82, 2.24) is 4.98 Å². The van der Waals surface area contributed by atoms with Crippen molar-refractivity contribution in [3.05, 3.63) is 39.7 Å². The summed E-state index contributed by atoms with van der Waals surface area (Å²) in [6.07, 6.45) is 4.18. The molecule has 4 nitrogen and oxygen atoms in total. The van der Waals surface area contributed by atoms with E-state index in [0.29, 0.717) is 6.42 Å². The molecule has 0 aliphatic heterocycles. The standard InChI is InChI=1S/C16H17BrN2O2/c17-8-2-5-15(20)18-10-6-7-12-11-3-1-4-13(11)16(21)19-14(12)9-10/h6-7,9H,1-5,8H2,(H,18,20)(H,19,21). The highest BCUT2D eigenvalue weighted by molar-refractivity contribution is 9.09. The molecule has 1 amide bonds. The SMILES string of the molecule is O=C(CCCBr)Nc1ccc2c3c(c(=O)[nH]c2c1)CCC3. The highest BCUT2D eigenvalue weighted by atomic mass is 79.9. The number of fused-ring (bicyclic) bond motifs is 3. The molecule has 0 atom stereocenters. The van der Waals surface area contributed by atoms with E-state index in [9.17, 15) is 9.59 Å². The molecule has 1 aromatic heterocycles. The van der Waals surface area contributed by atoms with Gasteiger partial charge in [-0.3, -0.25) is 9.59 Å². The molecule has 1 aliphatic rings. The van der Waals surface area contributed by atoms with Crippen molar-refractivity contribution in [2.75, 3.05) is 10.6 Å². The number of H-pyrrole nitrogens is 1. The summed E-state index contributed by atoms with van der Waals surface area (Å²) in [5.41, 5.74) is 3.65. The first kappa shape index (κ1) is 14.3. The van der Waals surface area contributed by atoms with Crippen molar-refractivity contribution in [3.8, 4) is 0 Å². The van der Waals surface area contributed by atoms with E-state index >= 15 is 0 Å². The van der Waals surface area contributed by atoms with Crippen LogP contribution in [0.25, 0.3) is 10.9 Å². The minimum Gasteiger partial charge on any atom is -0.326 e. The zero-order chi connectivity index (χ0) is 14.8. The molecule has 1 heterocycles. The zero-order valence-corrected chi connectivity index (χ0v) is 13.3. The predicted molar refractivity (Wildman–Crippen MR) is 88.3 cm³/mol. The maximum Gasteiger partial charge on any atom is 0.251 e. The van der Waals surface area contributed by atoms with Crippen molar-refractivity contribution in [2.24, 2.45) is 0 Å². The fourth-order valence-corrected chi connectivity index (χ4v) is 3.21. The van der Waals surface area contributed by atoms with E-state index < -0.39 is 0 Å². The van der Waals surface area contributed by atoms with Crippen LogP contribution in [0.4, 0.5) is 5.69 Å². The molecule has 1 aromatic carbocycles. The molecule has 5 heteroatoms. The number of nitrogens with one attached hydrogen (secondary N) is 2. The van der Waals surface area contributed by atoms with E-state index in [1.165, 1.54) is 5.56 Å². The molecule has 0 unspecified atom stereocenters. The van der Waals surface area contributed by atoms with Crippen molar-refractivity contribution in [2.45, 2.75) is 32.1 Å². The van der Waals surface area contributed by atoms with Crippen LogP contribution in [0.5, 0.6) is 0 Å². The van der Waals surface area contributed by atoms with Gasteiger partial charge in [0.05, 0.1) is 5.52 Å². The van der Waals surface area contributed by atoms with Gasteiger partial charge in [0.25, 0.3) is 5.56 Å². The number of aromatic nitrogens is 1. The van der Waals surface area contributed by atoms with Gasteiger partial charge in [-0.2, -0.15) is 0 Å². The van der Waals surface area contributed by atoms with Crippen LogP contribution in [-0.4, -0.2) is 16.2 Å². The number of aromatic amines is 1. The van der Waals surface area contributed by atoms with E-state index in [0.717, 1.165) is 53.2 Å². The molecule has 21 heavy (non-hydrogen) atoms. The van der Waals surface area contributed by atoms with Gasteiger partial charge in [0, 0.05) is 28.4 Å². The third kappa shape index (κ3) is 2.88. The number of carbonyl (C=O) groups excluding carboxylic acids is 1. The Kier molecular flexibility index (Phi) is 4.10. The molecule has 110 valence electrons. The number of benzene rings is 1. The summed E-state index contributed by atoms with van der Waals surface area (Å²) in [4.78, 5) is 26.7. The van der Waals surface area contributed by atoms with Crippen LogP contribution < -0.4 is 10.9 Å². The van der Waals surface area contributed by atoms with Crippen LogP contribution in [0.2, 0.25) is 0 Å². The fourth-order valence-electron chi connectivity index (χ4n) is 2.93. The van der Waals surface area contributed by atoms with Gasteiger partial charge >= 0.3 is 0 Å². The highest BCUT2D eigenvalue weighted by Crippen LogP contribution is 2.27. The van der Waals surface area contributed by atoms with Gasteiger partial charge < -0.3 is 10.3 Å². The number of alkyl halides is 1. The van der Waals surface area contributed by atoms with E-state index in [1.54, 1.807) is 0 Å². The zero-order valence-electron chi connectivity index (χ0n) is 11.7. The van der Waals surface area contributed by atoms with E-state index in [1.807, 2.05) is 18.2 Å². The minimum absolute atomic E-state index is 0.00249. The number of rotatable bonds is 4. The molecule has 0 spiro atoms. The summed E-state index contributed by atoms with van der Waals surface area (Å²) < 4.78 is 0. The number of hydrogen-bond acceptors (Lipinski definition) is 2. The van der Waals surface area contributed by atoms with Crippen LogP contribution in [-0.2, 0) is 17.6 Å². The third-order valence-electron chi connectivity index (χ3n) is 3.91. The van der Waals surface area contributed by atoms with Crippen LogP contribution >= 0.6 is 15.9 Å². The normalized spacial score (nSPS) is 13.4. The summed E-state index contributed by atoms with van der Waals surface area (Å²) in [7, 11) is 0. The van der Waals surface area contributed by atoms with Crippen LogP contribution in [0.1, 0.15) is 30.4 Å².